The van der Waals surface area contributed by atoms with E-state index in [1.165, 1.54) is 32.7 Å². The Morgan fingerprint density at radius 3 is 1.46 bits per heavy atom. The van der Waals surface area contributed by atoms with Gasteiger partial charge in [-0.05, 0) is 84.9 Å². The lowest BCUT2D eigenvalue weighted by Crippen LogP contribution is -2.23. The number of fused-ring (bicyclic) bond motifs is 7. The van der Waals surface area contributed by atoms with Gasteiger partial charge in [0.15, 0.2) is 0 Å². The number of nitrogens with zero attached hydrogens (tertiary/aromatic N) is 4. The second-order valence-electron chi connectivity index (χ2n) is 12.3. The number of hydrogen-bond acceptors (Lipinski definition) is 2. The summed E-state index contributed by atoms with van der Waals surface area (Å²) in [6.07, 6.45) is 2.19. The van der Waals surface area contributed by atoms with Gasteiger partial charge in [0.2, 0.25) is 0 Å². The predicted octanol–water partition coefficient (Wildman–Crippen LogP) is 12.0. The molecule has 9 aromatic rings. The van der Waals surface area contributed by atoms with Crippen LogP contribution in [0.4, 0.5) is 34.1 Å². The van der Waals surface area contributed by atoms with Crippen LogP contribution in [0.2, 0.25) is 0 Å². The maximum Gasteiger partial charge on any atom is 0.0788 e. The molecular weight excluding hydrogens is 585 g/mol. The van der Waals surface area contributed by atoms with Gasteiger partial charge in [-0.1, -0.05) is 91.0 Å². The first kappa shape index (κ1) is 26.7. The Balaban J connectivity index is 1.26. The lowest BCUT2D eigenvalue weighted by Gasteiger charge is -2.40. The third-order valence-corrected chi connectivity index (χ3v) is 9.61. The summed E-state index contributed by atoms with van der Waals surface area (Å²) in [5.41, 5.74) is 12.7. The van der Waals surface area contributed by atoms with Crippen molar-refractivity contribution < 1.29 is 0 Å². The molecule has 0 fully saturated rings. The minimum atomic E-state index is 1.13. The number of benzene rings is 7. The maximum atomic E-state index is 2.44. The van der Waals surface area contributed by atoms with E-state index < -0.39 is 0 Å². The molecule has 0 saturated carbocycles. The van der Waals surface area contributed by atoms with Crippen molar-refractivity contribution in [1.82, 2.24) is 9.13 Å². The highest BCUT2D eigenvalue weighted by Crippen LogP contribution is 2.54. The van der Waals surface area contributed by atoms with Crippen LogP contribution in [0, 0.1) is 0 Å². The molecule has 0 unspecified atom stereocenters. The molecule has 0 atom stereocenters. The average Bonchev–Trinajstić information content (AvgIpc) is 3.74. The van der Waals surface area contributed by atoms with Crippen molar-refractivity contribution >= 4 is 66.8 Å². The van der Waals surface area contributed by atoms with Gasteiger partial charge in [0, 0.05) is 45.1 Å². The Kier molecular flexibility index (Phi) is 5.84. The Morgan fingerprint density at radius 2 is 0.854 bits per heavy atom. The topological polar surface area (TPSA) is 16.3 Å². The van der Waals surface area contributed by atoms with Crippen molar-refractivity contribution in [2.75, 3.05) is 9.80 Å². The minimum absolute atomic E-state index is 1.13. The molecule has 2 aromatic heterocycles. The zero-order chi connectivity index (χ0) is 31.6. The molecule has 0 aliphatic carbocycles. The van der Waals surface area contributed by atoms with E-state index in [0.29, 0.717) is 0 Å². The molecule has 48 heavy (non-hydrogen) atoms. The van der Waals surface area contributed by atoms with Crippen molar-refractivity contribution in [2.24, 2.45) is 0 Å². The van der Waals surface area contributed by atoms with Gasteiger partial charge in [0.05, 0.1) is 39.3 Å². The second kappa shape index (κ2) is 10.5. The molecule has 226 valence electrons. The molecule has 3 heterocycles. The number of anilines is 6. The van der Waals surface area contributed by atoms with Crippen LogP contribution in [0.3, 0.4) is 0 Å². The largest absolute Gasteiger partial charge is 0.315 e. The van der Waals surface area contributed by atoms with Gasteiger partial charge in [0.1, 0.15) is 0 Å². The number of rotatable bonds is 4. The lowest BCUT2D eigenvalue weighted by atomic mass is 10.0. The van der Waals surface area contributed by atoms with Crippen LogP contribution >= 0.6 is 0 Å². The maximum absolute atomic E-state index is 2.44. The van der Waals surface area contributed by atoms with E-state index in [2.05, 4.69) is 201 Å². The normalized spacial score (nSPS) is 12.5. The summed E-state index contributed by atoms with van der Waals surface area (Å²) >= 11 is 0. The molecule has 7 aromatic carbocycles. The second-order valence-corrected chi connectivity index (χ2v) is 12.3. The molecule has 4 nitrogen and oxygen atoms in total. The van der Waals surface area contributed by atoms with Gasteiger partial charge in [0.25, 0.3) is 0 Å². The average molecular weight is 615 g/mol. The third-order valence-electron chi connectivity index (χ3n) is 9.61. The van der Waals surface area contributed by atoms with Gasteiger partial charge in [-0.15, -0.1) is 0 Å². The van der Waals surface area contributed by atoms with Crippen LogP contribution in [0.25, 0.3) is 44.1 Å². The molecule has 4 heteroatoms. The molecule has 1 aliphatic rings. The fourth-order valence-corrected chi connectivity index (χ4v) is 7.58. The van der Waals surface area contributed by atoms with Gasteiger partial charge < -0.3 is 18.9 Å². The summed E-state index contributed by atoms with van der Waals surface area (Å²) in [5, 5.41) is 3.66. The van der Waals surface area contributed by atoms with Crippen molar-refractivity contribution in [1.29, 1.82) is 0 Å². The predicted molar refractivity (Wildman–Crippen MR) is 201 cm³/mol. The summed E-state index contributed by atoms with van der Waals surface area (Å²) in [5.74, 6) is 0. The number of hydrogen-bond donors (Lipinski definition) is 0. The van der Waals surface area contributed by atoms with E-state index >= 15 is 0 Å². The van der Waals surface area contributed by atoms with Crippen LogP contribution in [-0.2, 0) is 0 Å². The van der Waals surface area contributed by atoms with Crippen molar-refractivity contribution in [2.45, 2.75) is 0 Å². The Morgan fingerprint density at radius 1 is 0.333 bits per heavy atom. The van der Waals surface area contributed by atoms with Crippen LogP contribution in [0.5, 0.6) is 0 Å². The molecule has 0 N–H and O–H groups in total. The van der Waals surface area contributed by atoms with E-state index in [1.54, 1.807) is 0 Å². The zero-order valence-corrected chi connectivity index (χ0v) is 26.1. The summed E-state index contributed by atoms with van der Waals surface area (Å²) in [6.45, 7) is 0. The molecule has 0 radical (unpaired) electrons. The highest BCUT2D eigenvalue weighted by molar-refractivity contribution is 6.19. The highest BCUT2D eigenvalue weighted by Gasteiger charge is 2.30. The SMILES string of the molecule is c1ccc(N2c3ccccc3N(c3ccc4c(c3)c3ccc5ccn(-c6ccccc6)c5c3n4-c3ccccc3)c3ccccc32)cc1. The Hall–Kier alpha value is -6.52. The monoisotopic (exact) mass is 614 g/mol. The van der Waals surface area contributed by atoms with Crippen LogP contribution in [-0.4, -0.2) is 9.13 Å². The van der Waals surface area contributed by atoms with E-state index in [1.807, 2.05) is 0 Å². The Bertz CT molecular complexity index is 2570. The van der Waals surface area contributed by atoms with Gasteiger partial charge in [-0.2, -0.15) is 0 Å². The van der Waals surface area contributed by atoms with E-state index in [9.17, 15) is 0 Å². The zero-order valence-electron chi connectivity index (χ0n) is 26.1. The molecule has 0 bridgehead atoms. The van der Waals surface area contributed by atoms with Crippen molar-refractivity contribution in [3.05, 3.63) is 182 Å². The third kappa shape index (κ3) is 3.90. The fraction of sp³-hybridized carbons (Fsp3) is 0. The van der Waals surface area contributed by atoms with Crippen molar-refractivity contribution in [3.63, 3.8) is 0 Å². The summed E-state index contributed by atoms with van der Waals surface area (Å²) in [4.78, 5) is 4.79. The molecular formula is C44H30N4. The van der Waals surface area contributed by atoms with Crippen LogP contribution < -0.4 is 9.80 Å². The van der Waals surface area contributed by atoms with Gasteiger partial charge >= 0.3 is 0 Å². The summed E-state index contributed by atoms with van der Waals surface area (Å²) in [7, 11) is 0. The minimum Gasteiger partial charge on any atom is -0.315 e. The van der Waals surface area contributed by atoms with Gasteiger partial charge in [-0.25, -0.2) is 0 Å². The summed E-state index contributed by atoms with van der Waals surface area (Å²) < 4.78 is 4.76. The smallest absolute Gasteiger partial charge is 0.0788 e. The first-order valence-electron chi connectivity index (χ1n) is 16.4. The summed E-state index contributed by atoms with van der Waals surface area (Å²) in [6, 6.07) is 63.2. The quantitative estimate of drug-likeness (QED) is 0.196. The lowest BCUT2D eigenvalue weighted by molar-refractivity contribution is 1.12. The van der Waals surface area contributed by atoms with Crippen LogP contribution in [0.15, 0.2) is 182 Å². The molecule has 0 amide bonds. The molecule has 0 spiro atoms. The standard InChI is InChI=1S/C44H30N4/c1-4-14-32(15-5-1)45-29-28-31-24-26-36-37-30-35(25-27-38(37)48(44(36)43(31)45)34-18-8-3-9-19-34)47-41-22-12-10-20-39(41)46(33-16-6-2-7-17-33)40-21-11-13-23-42(40)47/h1-30H. The Labute approximate surface area is 278 Å². The van der Waals surface area contributed by atoms with E-state index in [0.717, 1.165) is 45.5 Å². The van der Waals surface area contributed by atoms with E-state index in [-0.39, 0.29) is 0 Å². The first-order chi connectivity index (χ1) is 23.8. The van der Waals surface area contributed by atoms with E-state index in [4.69, 9.17) is 0 Å². The van der Waals surface area contributed by atoms with Crippen molar-refractivity contribution in [3.8, 4) is 11.4 Å². The molecule has 10 rings (SSSR count). The fourth-order valence-electron chi connectivity index (χ4n) is 7.58. The highest BCUT2D eigenvalue weighted by atomic mass is 15.3. The number of para-hydroxylation sites is 7. The van der Waals surface area contributed by atoms with Gasteiger partial charge in [-0.3, -0.25) is 0 Å². The molecule has 1 aliphatic heterocycles. The first-order valence-corrected chi connectivity index (χ1v) is 16.4. The number of aromatic nitrogens is 2. The molecule has 0 saturated heterocycles. The van der Waals surface area contributed by atoms with Crippen LogP contribution in [0.1, 0.15) is 0 Å².